The number of carbonyl (C=O) groups is 1. The van der Waals surface area contributed by atoms with Crippen LogP contribution in [0.1, 0.15) is 6.42 Å². The minimum Gasteiger partial charge on any atom is -0.477 e. The van der Waals surface area contributed by atoms with Crippen LogP contribution in [0, 0.1) is 0 Å². The number of carboxylic acid groups (broad SMARTS) is 1. The Morgan fingerprint density at radius 1 is 1.59 bits per heavy atom. The number of hydrogen-bond donors (Lipinski definition) is 3. The molecule has 2 fully saturated rings. The van der Waals surface area contributed by atoms with Gasteiger partial charge in [-0.05, 0) is 5.53 Å². The molecule has 2 aliphatic rings. The molecule has 0 aromatic heterocycles. The molecule has 2 aliphatic heterocycles. The maximum atomic E-state index is 10.8. The van der Waals surface area contributed by atoms with E-state index in [1.54, 1.807) is 0 Å². The summed E-state index contributed by atoms with van der Waals surface area (Å²) in [5, 5.41) is 31.3. The van der Waals surface area contributed by atoms with Gasteiger partial charge in [0.05, 0.1) is 18.8 Å². The summed E-state index contributed by atoms with van der Waals surface area (Å²) in [6.07, 6.45) is -3.70. The Balaban J connectivity index is 2.08. The van der Waals surface area contributed by atoms with Crippen molar-refractivity contribution >= 4 is 5.97 Å². The number of aliphatic hydroxyl groups is 2. The molecule has 2 heterocycles. The number of rotatable bonds is 3. The van der Waals surface area contributed by atoms with Gasteiger partial charge in [-0.15, -0.1) is 0 Å². The van der Waals surface area contributed by atoms with E-state index in [-0.39, 0.29) is 6.54 Å². The fourth-order valence-electron chi connectivity index (χ4n) is 2.01. The molecule has 0 aromatic carbocycles. The van der Waals surface area contributed by atoms with Gasteiger partial charge in [0.1, 0.15) is 12.2 Å². The number of hydrogen-bond acceptors (Lipinski definition) is 6. The molecule has 0 spiro atoms. The van der Waals surface area contributed by atoms with Crippen LogP contribution >= 0.6 is 0 Å². The predicted octanol–water partition coefficient (Wildman–Crippen LogP) is -1.01. The fourth-order valence-corrected chi connectivity index (χ4v) is 2.01. The molecular weight excluding hydrogens is 234 g/mol. The first-order valence-corrected chi connectivity index (χ1v) is 4.96. The highest BCUT2D eigenvalue weighted by molar-refractivity contribution is 5.75. The third-order valence-corrected chi connectivity index (χ3v) is 2.88. The van der Waals surface area contributed by atoms with E-state index in [1.165, 1.54) is 0 Å². The van der Waals surface area contributed by atoms with E-state index in [1.807, 2.05) is 0 Å². The standard InChI is InChI=1S/C8H11N3O6/c9-11-10-2-4-6-5(16-4)3(12)1-8(15,17-6)7(13)14/h3-6,12,15H,1-2H2,(H,13,14)/t3?,4-,5-,6?,8-/m1/s1. The topological polar surface area (TPSA) is 145 Å². The average Bonchev–Trinajstić information content (AvgIpc) is 2.23. The van der Waals surface area contributed by atoms with E-state index in [4.69, 9.17) is 20.1 Å². The molecule has 0 saturated carbocycles. The van der Waals surface area contributed by atoms with Crippen molar-refractivity contribution in [2.24, 2.45) is 5.11 Å². The summed E-state index contributed by atoms with van der Waals surface area (Å²) >= 11 is 0. The van der Waals surface area contributed by atoms with Crippen molar-refractivity contribution in [1.82, 2.24) is 0 Å². The van der Waals surface area contributed by atoms with E-state index >= 15 is 0 Å². The van der Waals surface area contributed by atoms with Crippen molar-refractivity contribution in [2.45, 2.75) is 36.6 Å². The molecule has 2 saturated heterocycles. The summed E-state index contributed by atoms with van der Waals surface area (Å²) in [5.74, 6) is -3.98. The Morgan fingerprint density at radius 2 is 2.29 bits per heavy atom. The first kappa shape index (κ1) is 12.1. The highest BCUT2D eigenvalue weighted by Gasteiger charge is 2.58. The third kappa shape index (κ3) is 1.94. The van der Waals surface area contributed by atoms with Crippen molar-refractivity contribution in [3.63, 3.8) is 0 Å². The monoisotopic (exact) mass is 245 g/mol. The number of aliphatic carboxylic acids is 1. The molecule has 0 aliphatic carbocycles. The van der Waals surface area contributed by atoms with Crippen LogP contribution in [-0.2, 0) is 14.3 Å². The van der Waals surface area contributed by atoms with E-state index in [0.29, 0.717) is 0 Å². The van der Waals surface area contributed by atoms with E-state index in [0.717, 1.165) is 0 Å². The van der Waals surface area contributed by atoms with Crippen LogP contribution in [0.3, 0.4) is 0 Å². The van der Waals surface area contributed by atoms with Crippen LogP contribution in [0.15, 0.2) is 5.11 Å². The van der Waals surface area contributed by atoms with Crippen LogP contribution < -0.4 is 0 Å². The van der Waals surface area contributed by atoms with Crippen molar-refractivity contribution in [3.8, 4) is 0 Å². The average molecular weight is 245 g/mol. The van der Waals surface area contributed by atoms with E-state index < -0.39 is 42.6 Å². The zero-order valence-electron chi connectivity index (χ0n) is 8.63. The third-order valence-electron chi connectivity index (χ3n) is 2.88. The molecule has 9 heteroatoms. The van der Waals surface area contributed by atoms with Gasteiger partial charge in [-0.2, -0.15) is 0 Å². The highest BCUT2D eigenvalue weighted by atomic mass is 16.7. The van der Waals surface area contributed by atoms with Crippen LogP contribution in [0.4, 0.5) is 0 Å². The van der Waals surface area contributed by atoms with E-state index in [9.17, 15) is 15.0 Å². The van der Waals surface area contributed by atoms with Crippen LogP contribution in [0.25, 0.3) is 10.4 Å². The summed E-state index contributed by atoms with van der Waals surface area (Å²) in [4.78, 5) is 13.3. The molecule has 17 heavy (non-hydrogen) atoms. The summed E-state index contributed by atoms with van der Waals surface area (Å²) in [5.41, 5.74) is 8.14. The molecular formula is C8H11N3O6. The minimum absolute atomic E-state index is 0.0416. The van der Waals surface area contributed by atoms with Gasteiger partial charge >= 0.3 is 5.97 Å². The summed E-state index contributed by atoms with van der Waals surface area (Å²) in [7, 11) is 0. The minimum atomic E-state index is -2.42. The molecule has 0 radical (unpaired) electrons. The summed E-state index contributed by atoms with van der Waals surface area (Å²) in [6.45, 7) is -0.0416. The van der Waals surface area contributed by atoms with Gasteiger partial charge in [0.2, 0.25) is 0 Å². The second-order valence-corrected chi connectivity index (χ2v) is 4.00. The summed E-state index contributed by atoms with van der Waals surface area (Å²) < 4.78 is 10.2. The summed E-state index contributed by atoms with van der Waals surface area (Å²) in [6, 6.07) is 0. The first-order chi connectivity index (χ1) is 7.98. The van der Waals surface area contributed by atoms with E-state index in [2.05, 4.69) is 10.0 Å². The highest BCUT2D eigenvalue weighted by Crippen LogP contribution is 2.38. The second kappa shape index (κ2) is 4.13. The Bertz CT molecular complexity index is 383. The van der Waals surface area contributed by atoms with Crippen molar-refractivity contribution in [1.29, 1.82) is 0 Å². The van der Waals surface area contributed by atoms with Crippen LogP contribution in [-0.4, -0.2) is 58.0 Å². The quantitative estimate of drug-likeness (QED) is 0.330. The molecule has 2 unspecified atom stereocenters. The smallest absolute Gasteiger partial charge is 0.364 e. The Morgan fingerprint density at radius 3 is 2.88 bits per heavy atom. The lowest BCUT2D eigenvalue weighted by Crippen LogP contribution is -2.69. The maximum Gasteiger partial charge on any atom is 0.364 e. The van der Waals surface area contributed by atoms with Crippen LogP contribution in [0.2, 0.25) is 0 Å². The molecule has 2 rings (SSSR count). The van der Waals surface area contributed by atoms with Gasteiger partial charge in [-0.25, -0.2) is 4.79 Å². The molecule has 0 aromatic rings. The number of azide groups is 1. The number of aliphatic hydroxyl groups excluding tert-OH is 1. The van der Waals surface area contributed by atoms with Gasteiger partial charge in [-0.3, -0.25) is 0 Å². The lowest BCUT2D eigenvalue weighted by molar-refractivity contribution is -0.367. The van der Waals surface area contributed by atoms with Crippen molar-refractivity contribution in [2.75, 3.05) is 6.54 Å². The largest absolute Gasteiger partial charge is 0.477 e. The molecule has 94 valence electrons. The number of fused-ring (bicyclic) bond motifs is 1. The number of carboxylic acids is 1. The lowest BCUT2D eigenvalue weighted by Gasteiger charge is -2.52. The second-order valence-electron chi connectivity index (χ2n) is 4.00. The van der Waals surface area contributed by atoms with Gasteiger partial charge in [0, 0.05) is 11.3 Å². The van der Waals surface area contributed by atoms with Crippen molar-refractivity contribution in [3.05, 3.63) is 10.4 Å². The first-order valence-electron chi connectivity index (χ1n) is 4.96. The van der Waals surface area contributed by atoms with Gasteiger partial charge in [0.25, 0.3) is 5.79 Å². The molecule has 0 bridgehead atoms. The van der Waals surface area contributed by atoms with Gasteiger partial charge in [-0.1, -0.05) is 5.11 Å². The van der Waals surface area contributed by atoms with Crippen LogP contribution in [0.5, 0.6) is 0 Å². The van der Waals surface area contributed by atoms with Gasteiger partial charge in [0.15, 0.2) is 0 Å². The molecule has 9 nitrogen and oxygen atoms in total. The lowest BCUT2D eigenvalue weighted by atomic mass is 9.88. The Labute approximate surface area is 95.2 Å². The number of ether oxygens (including phenoxy) is 2. The normalized spacial score (nSPS) is 44.1. The van der Waals surface area contributed by atoms with Gasteiger partial charge < -0.3 is 24.8 Å². The maximum absolute atomic E-state index is 10.8. The fraction of sp³-hybridized carbons (Fsp3) is 0.875. The zero-order chi connectivity index (χ0) is 12.6. The van der Waals surface area contributed by atoms with Crippen molar-refractivity contribution < 1.29 is 29.6 Å². The Hall–Kier alpha value is -1.38. The molecule has 5 atom stereocenters. The zero-order valence-corrected chi connectivity index (χ0v) is 8.63. The molecule has 3 N–H and O–H groups in total. The SMILES string of the molecule is [N-]=[N+]=NC[C@H]1O[C@@H]2C(O)C[C@](O)(C(=O)O)OC21. The Kier molecular flexibility index (Phi) is 2.94. The number of nitrogens with zero attached hydrogens (tertiary/aromatic N) is 3. The predicted molar refractivity (Wildman–Crippen MR) is 50.8 cm³/mol. The molecule has 0 amide bonds.